The lowest BCUT2D eigenvalue weighted by Crippen LogP contribution is -2.19. The van der Waals surface area contributed by atoms with Crippen LogP contribution in [0, 0.1) is 5.82 Å². The van der Waals surface area contributed by atoms with Gasteiger partial charge < -0.3 is 5.32 Å². The molecular weight excluding hydrogens is 383 g/mol. The topological polar surface area (TPSA) is 66.9 Å². The van der Waals surface area contributed by atoms with Crippen molar-refractivity contribution in [2.24, 2.45) is 0 Å². The van der Waals surface area contributed by atoms with E-state index in [9.17, 15) is 9.18 Å². The third-order valence-electron chi connectivity index (χ3n) is 2.87. The monoisotopic (exact) mass is 392 g/mol. The van der Waals surface area contributed by atoms with E-state index >= 15 is 0 Å². The molecule has 0 atom stereocenters. The van der Waals surface area contributed by atoms with Crippen LogP contribution in [-0.2, 0) is 0 Å². The van der Waals surface area contributed by atoms with Crippen LogP contribution in [0.2, 0.25) is 0 Å². The van der Waals surface area contributed by atoms with Gasteiger partial charge in [0.2, 0.25) is 5.13 Å². The van der Waals surface area contributed by atoms with Crippen molar-refractivity contribution in [2.75, 3.05) is 10.6 Å². The predicted molar refractivity (Wildman–Crippen MR) is 92.1 cm³/mol. The molecule has 2 N–H and O–H groups in total. The maximum Gasteiger partial charge on any atom is 0.325 e. The number of benzene rings is 2. The van der Waals surface area contributed by atoms with Crippen molar-refractivity contribution in [1.29, 1.82) is 0 Å². The summed E-state index contributed by atoms with van der Waals surface area (Å²) in [6.07, 6.45) is 0. The van der Waals surface area contributed by atoms with E-state index in [4.69, 9.17) is 0 Å². The average Bonchev–Trinajstić information content (AvgIpc) is 2.98. The first-order valence-corrected chi connectivity index (χ1v) is 8.15. The van der Waals surface area contributed by atoms with Gasteiger partial charge >= 0.3 is 6.03 Å². The molecule has 0 saturated heterocycles. The van der Waals surface area contributed by atoms with E-state index in [0.717, 1.165) is 10.0 Å². The minimum atomic E-state index is -0.579. The second-order valence-electron chi connectivity index (χ2n) is 4.45. The van der Waals surface area contributed by atoms with Crippen molar-refractivity contribution in [3.63, 3.8) is 0 Å². The fraction of sp³-hybridized carbons (Fsp3) is 0. The molecule has 116 valence electrons. The molecule has 3 aromatic rings. The zero-order chi connectivity index (χ0) is 16.2. The Labute approximate surface area is 143 Å². The summed E-state index contributed by atoms with van der Waals surface area (Å²) in [5.41, 5.74) is 0.980. The predicted octanol–water partition coefficient (Wildman–Crippen LogP) is 4.75. The SMILES string of the molecule is O=C(Nc1nnc(-c2ccccc2Br)s1)Nc1ccccc1F. The number of halogens is 2. The molecule has 1 heterocycles. The summed E-state index contributed by atoms with van der Waals surface area (Å²) in [6.45, 7) is 0. The highest BCUT2D eigenvalue weighted by Gasteiger charge is 2.12. The second kappa shape index (κ2) is 6.84. The van der Waals surface area contributed by atoms with Gasteiger partial charge in [0.25, 0.3) is 0 Å². The highest BCUT2D eigenvalue weighted by molar-refractivity contribution is 9.10. The van der Waals surface area contributed by atoms with Crippen LogP contribution in [0.1, 0.15) is 0 Å². The number of carbonyl (C=O) groups is 1. The minimum Gasteiger partial charge on any atom is -0.305 e. The zero-order valence-corrected chi connectivity index (χ0v) is 14.0. The number of hydrogen-bond donors (Lipinski definition) is 2. The molecule has 0 radical (unpaired) electrons. The average molecular weight is 393 g/mol. The number of rotatable bonds is 3. The summed E-state index contributed by atoms with van der Waals surface area (Å²) in [5, 5.41) is 13.9. The van der Waals surface area contributed by atoms with Crippen molar-refractivity contribution in [1.82, 2.24) is 10.2 Å². The van der Waals surface area contributed by atoms with E-state index in [-0.39, 0.29) is 5.69 Å². The Hall–Kier alpha value is -2.32. The smallest absolute Gasteiger partial charge is 0.305 e. The number of carbonyl (C=O) groups excluding carboxylic acids is 1. The Morgan fingerprint density at radius 1 is 1.04 bits per heavy atom. The maximum absolute atomic E-state index is 13.5. The van der Waals surface area contributed by atoms with Crippen LogP contribution in [0.15, 0.2) is 53.0 Å². The van der Waals surface area contributed by atoms with Crippen molar-refractivity contribution < 1.29 is 9.18 Å². The van der Waals surface area contributed by atoms with Crippen molar-refractivity contribution in [3.8, 4) is 10.6 Å². The standard InChI is InChI=1S/C15H10BrFN4OS/c16-10-6-2-1-5-9(10)13-20-21-15(23-13)19-14(22)18-12-8-4-3-7-11(12)17/h1-8H,(H2,18,19,21,22). The van der Waals surface area contributed by atoms with E-state index in [1.165, 1.54) is 23.5 Å². The van der Waals surface area contributed by atoms with Crippen LogP contribution in [0.5, 0.6) is 0 Å². The van der Waals surface area contributed by atoms with Gasteiger partial charge in [-0.05, 0) is 18.2 Å². The van der Waals surface area contributed by atoms with E-state index in [2.05, 4.69) is 36.8 Å². The third kappa shape index (κ3) is 3.72. The van der Waals surface area contributed by atoms with E-state index in [1.807, 2.05) is 24.3 Å². The zero-order valence-electron chi connectivity index (χ0n) is 11.6. The fourth-order valence-electron chi connectivity index (χ4n) is 1.83. The van der Waals surface area contributed by atoms with Crippen LogP contribution in [0.4, 0.5) is 20.0 Å². The van der Waals surface area contributed by atoms with Crippen LogP contribution in [0.25, 0.3) is 10.6 Å². The summed E-state index contributed by atoms with van der Waals surface area (Å²) < 4.78 is 14.4. The van der Waals surface area contributed by atoms with Crippen LogP contribution in [0.3, 0.4) is 0 Å². The Kier molecular flexibility index (Phi) is 4.63. The lowest BCUT2D eigenvalue weighted by Gasteiger charge is -2.05. The lowest BCUT2D eigenvalue weighted by atomic mass is 10.2. The first-order valence-electron chi connectivity index (χ1n) is 6.54. The molecule has 0 aliphatic rings. The van der Waals surface area contributed by atoms with Crippen LogP contribution >= 0.6 is 27.3 Å². The van der Waals surface area contributed by atoms with Gasteiger partial charge in [0.15, 0.2) is 5.01 Å². The molecule has 0 spiro atoms. The van der Waals surface area contributed by atoms with Gasteiger partial charge in [-0.25, -0.2) is 9.18 Å². The largest absolute Gasteiger partial charge is 0.325 e. The van der Waals surface area contributed by atoms with Crippen molar-refractivity contribution in [2.45, 2.75) is 0 Å². The number of nitrogens with one attached hydrogen (secondary N) is 2. The molecule has 5 nitrogen and oxygen atoms in total. The Morgan fingerprint density at radius 3 is 2.57 bits per heavy atom. The molecular formula is C15H10BrFN4OS. The molecule has 1 aromatic heterocycles. The van der Waals surface area contributed by atoms with Gasteiger partial charge in [0.05, 0.1) is 5.69 Å². The normalized spacial score (nSPS) is 10.3. The van der Waals surface area contributed by atoms with Crippen LogP contribution in [-0.4, -0.2) is 16.2 Å². The molecule has 2 amide bonds. The summed E-state index contributed by atoms with van der Waals surface area (Å²) in [4.78, 5) is 11.9. The van der Waals surface area contributed by atoms with Gasteiger partial charge in [-0.3, -0.25) is 5.32 Å². The number of anilines is 2. The first kappa shape index (κ1) is 15.6. The van der Waals surface area contributed by atoms with Crippen molar-refractivity contribution >= 4 is 44.1 Å². The highest BCUT2D eigenvalue weighted by atomic mass is 79.9. The van der Waals surface area contributed by atoms with Gasteiger partial charge in [-0.1, -0.05) is 57.6 Å². The van der Waals surface area contributed by atoms with Crippen LogP contribution < -0.4 is 10.6 Å². The molecule has 23 heavy (non-hydrogen) atoms. The summed E-state index contributed by atoms with van der Waals surface area (Å²) in [7, 11) is 0. The van der Waals surface area contributed by atoms with Gasteiger partial charge in [-0.2, -0.15) is 0 Å². The third-order valence-corrected chi connectivity index (χ3v) is 4.44. The molecule has 0 bridgehead atoms. The number of para-hydroxylation sites is 1. The fourth-order valence-corrected chi connectivity index (χ4v) is 3.21. The molecule has 8 heteroatoms. The van der Waals surface area contributed by atoms with Crippen molar-refractivity contribution in [3.05, 3.63) is 58.8 Å². The highest BCUT2D eigenvalue weighted by Crippen LogP contribution is 2.31. The molecule has 2 aromatic carbocycles. The quantitative estimate of drug-likeness (QED) is 0.675. The van der Waals surface area contributed by atoms with E-state index < -0.39 is 11.8 Å². The second-order valence-corrected chi connectivity index (χ2v) is 6.28. The molecule has 0 aliphatic heterocycles. The molecule has 3 rings (SSSR count). The molecule has 0 fully saturated rings. The molecule has 0 aliphatic carbocycles. The number of amides is 2. The minimum absolute atomic E-state index is 0.0977. The molecule has 0 unspecified atom stereocenters. The summed E-state index contributed by atoms with van der Waals surface area (Å²) >= 11 is 4.67. The number of nitrogens with zero attached hydrogens (tertiary/aromatic N) is 2. The summed E-state index contributed by atoms with van der Waals surface area (Å²) in [6, 6.07) is 12.9. The number of urea groups is 1. The first-order chi connectivity index (χ1) is 11.1. The van der Waals surface area contributed by atoms with Gasteiger partial charge in [0.1, 0.15) is 5.82 Å². The number of aromatic nitrogens is 2. The molecule has 0 saturated carbocycles. The van der Waals surface area contributed by atoms with E-state index in [0.29, 0.717) is 10.1 Å². The Bertz CT molecular complexity index is 855. The summed E-state index contributed by atoms with van der Waals surface area (Å²) in [5.74, 6) is -0.506. The number of hydrogen-bond acceptors (Lipinski definition) is 4. The van der Waals surface area contributed by atoms with E-state index in [1.54, 1.807) is 12.1 Å². The maximum atomic E-state index is 13.5. The van der Waals surface area contributed by atoms with Gasteiger partial charge in [-0.15, -0.1) is 10.2 Å². The van der Waals surface area contributed by atoms with Gasteiger partial charge in [0, 0.05) is 10.0 Å². The lowest BCUT2D eigenvalue weighted by molar-refractivity contribution is 0.262. The Balaban J connectivity index is 1.71. The Morgan fingerprint density at radius 2 is 1.78 bits per heavy atom.